The van der Waals surface area contributed by atoms with Crippen molar-refractivity contribution in [1.82, 2.24) is 9.97 Å². The maximum absolute atomic E-state index is 12.3. The van der Waals surface area contributed by atoms with Gasteiger partial charge in [-0.3, -0.25) is 4.79 Å². The number of H-pyrrole nitrogens is 1. The topological polar surface area (TPSA) is 92.3 Å². The van der Waals surface area contributed by atoms with Gasteiger partial charge in [0.15, 0.2) is 0 Å². The SMILES string of the molecule is CC(C)c1ccc2nc(COc3ccccc3C(=O)O)[nH]c(=O)c2c1. The van der Waals surface area contributed by atoms with Crippen LogP contribution in [0.5, 0.6) is 5.75 Å². The van der Waals surface area contributed by atoms with E-state index in [9.17, 15) is 9.59 Å². The second kappa shape index (κ2) is 6.76. The van der Waals surface area contributed by atoms with E-state index in [4.69, 9.17) is 9.84 Å². The van der Waals surface area contributed by atoms with Crippen LogP contribution in [0.3, 0.4) is 0 Å². The Labute approximate surface area is 144 Å². The van der Waals surface area contributed by atoms with Gasteiger partial charge < -0.3 is 14.8 Å². The molecule has 128 valence electrons. The fourth-order valence-corrected chi connectivity index (χ4v) is 2.55. The summed E-state index contributed by atoms with van der Waals surface area (Å²) in [5.74, 6) is -0.181. The number of carbonyl (C=O) groups is 1. The normalized spacial score (nSPS) is 11.0. The lowest BCUT2D eigenvalue weighted by atomic mass is 10.0. The quantitative estimate of drug-likeness (QED) is 0.744. The third-order valence-corrected chi connectivity index (χ3v) is 3.93. The summed E-state index contributed by atoms with van der Waals surface area (Å²) >= 11 is 0. The standard InChI is InChI=1S/C19H18N2O4/c1-11(2)12-7-8-15-14(9-12)18(22)21-17(20-15)10-25-16-6-4-3-5-13(16)19(23)24/h3-9,11H,10H2,1-2H3,(H,23,24)(H,20,21,22). The molecule has 25 heavy (non-hydrogen) atoms. The van der Waals surface area contributed by atoms with Crippen molar-refractivity contribution >= 4 is 16.9 Å². The highest BCUT2D eigenvalue weighted by atomic mass is 16.5. The number of rotatable bonds is 5. The van der Waals surface area contributed by atoms with Crippen molar-refractivity contribution in [2.24, 2.45) is 0 Å². The molecule has 2 N–H and O–H groups in total. The van der Waals surface area contributed by atoms with Crippen molar-refractivity contribution in [1.29, 1.82) is 0 Å². The summed E-state index contributed by atoms with van der Waals surface area (Å²) in [7, 11) is 0. The zero-order valence-electron chi connectivity index (χ0n) is 13.9. The monoisotopic (exact) mass is 338 g/mol. The third kappa shape index (κ3) is 3.52. The number of carboxylic acid groups (broad SMARTS) is 1. The van der Waals surface area contributed by atoms with Crippen LogP contribution in [0.1, 0.15) is 41.5 Å². The number of aromatic nitrogens is 2. The van der Waals surface area contributed by atoms with Crippen LogP contribution in [0.4, 0.5) is 0 Å². The molecule has 2 aromatic carbocycles. The summed E-state index contributed by atoms with van der Waals surface area (Å²) in [5, 5.41) is 9.69. The number of ether oxygens (including phenoxy) is 1. The van der Waals surface area contributed by atoms with Crippen molar-refractivity contribution in [2.45, 2.75) is 26.4 Å². The molecule has 0 bridgehead atoms. The molecule has 0 atom stereocenters. The van der Waals surface area contributed by atoms with Crippen LogP contribution < -0.4 is 10.3 Å². The van der Waals surface area contributed by atoms with Gasteiger partial charge in [0.2, 0.25) is 0 Å². The number of para-hydroxylation sites is 1. The first-order valence-electron chi connectivity index (χ1n) is 7.93. The molecule has 6 nitrogen and oxygen atoms in total. The van der Waals surface area contributed by atoms with E-state index in [1.807, 2.05) is 18.2 Å². The molecule has 0 aliphatic carbocycles. The van der Waals surface area contributed by atoms with Gasteiger partial charge in [-0.25, -0.2) is 9.78 Å². The Bertz CT molecular complexity index is 992. The number of hydrogen-bond donors (Lipinski definition) is 2. The number of carboxylic acids is 1. The van der Waals surface area contributed by atoms with Gasteiger partial charge in [-0.1, -0.05) is 32.0 Å². The van der Waals surface area contributed by atoms with Crippen molar-refractivity contribution in [2.75, 3.05) is 0 Å². The van der Waals surface area contributed by atoms with Crippen LogP contribution in [0.15, 0.2) is 47.3 Å². The van der Waals surface area contributed by atoms with E-state index in [-0.39, 0.29) is 23.5 Å². The van der Waals surface area contributed by atoms with E-state index in [2.05, 4.69) is 23.8 Å². The first-order valence-corrected chi connectivity index (χ1v) is 7.93. The lowest BCUT2D eigenvalue weighted by Crippen LogP contribution is -2.14. The summed E-state index contributed by atoms with van der Waals surface area (Å²) < 4.78 is 5.54. The van der Waals surface area contributed by atoms with Crippen LogP contribution >= 0.6 is 0 Å². The molecule has 0 saturated carbocycles. The van der Waals surface area contributed by atoms with Crippen molar-refractivity contribution in [3.05, 3.63) is 69.8 Å². The Morgan fingerprint density at radius 3 is 2.72 bits per heavy atom. The van der Waals surface area contributed by atoms with Gasteiger partial charge in [0.05, 0.1) is 10.9 Å². The van der Waals surface area contributed by atoms with Crippen LogP contribution in [-0.4, -0.2) is 21.0 Å². The number of nitrogens with one attached hydrogen (secondary N) is 1. The van der Waals surface area contributed by atoms with Gasteiger partial charge in [0.1, 0.15) is 23.7 Å². The highest BCUT2D eigenvalue weighted by molar-refractivity contribution is 5.90. The molecule has 6 heteroatoms. The number of aromatic amines is 1. The molecule has 0 fully saturated rings. The number of nitrogens with zero attached hydrogens (tertiary/aromatic N) is 1. The molecule has 3 rings (SSSR count). The molecule has 0 radical (unpaired) electrons. The van der Waals surface area contributed by atoms with Crippen LogP contribution in [0, 0.1) is 0 Å². The Morgan fingerprint density at radius 1 is 1.24 bits per heavy atom. The highest BCUT2D eigenvalue weighted by Gasteiger charge is 2.12. The van der Waals surface area contributed by atoms with Gasteiger partial charge >= 0.3 is 5.97 Å². The average molecular weight is 338 g/mol. The first kappa shape index (κ1) is 16.7. The molecule has 0 unspecified atom stereocenters. The van der Waals surface area contributed by atoms with Crippen LogP contribution in [0.25, 0.3) is 10.9 Å². The fraction of sp³-hybridized carbons (Fsp3) is 0.211. The minimum absolute atomic E-state index is 0.0264. The number of hydrogen-bond acceptors (Lipinski definition) is 4. The Balaban J connectivity index is 1.89. The maximum Gasteiger partial charge on any atom is 0.339 e. The van der Waals surface area contributed by atoms with Gasteiger partial charge in [-0.2, -0.15) is 0 Å². The molecule has 1 heterocycles. The smallest absolute Gasteiger partial charge is 0.339 e. The molecular weight excluding hydrogens is 320 g/mol. The highest BCUT2D eigenvalue weighted by Crippen LogP contribution is 2.20. The molecule has 3 aromatic rings. The van der Waals surface area contributed by atoms with Gasteiger partial charge in [0, 0.05) is 0 Å². The van der Waals surface area contributed by atoms with Crippen molar-refractivity contribution in [3.8, 4) is 5.75 Å². The van der Waals surface area contributed by atoms with E-state index in [1.165, 1.54) is 6.07 Å². The van der Waals surface area contributed by atoms with E-state index in [0.717, 1.165) is 5.56 Å². The van der Waals surface area contributed by atoms with E-state index in [1.54, 1.807) is 18.2 Å². The molecule has 0 aliphatic rings. The molecular formula is C19H18N2O4. The third-order valence-electron chi connectivity index (χ3n) is 3.93. The predicted molar refractivity (Wildman–Crippen MR) is 94.2 cm³/mol. The molecule has 0 amide bonds. The van der Waals surface area contributed by atoms with E-state index >= 15 is 0 Å². The minimum Gasteiger partial charge on any atom is -0.485 e. The summed E-state index contributed by atoms with van der Waals surface area (Å²) in [4.78, 5) is 30.6. The minimum atomic E-state index is -1.07. The molecule has 0 saturated heterocycles. The number of fused-ring (bicyclic) bond motifs is 1. The maximum atomic E-state index is 12.3. The van der Waals surface area contributed by atoms with Crippen LogP contribution in [-0.2, 0) is 6.61 Å². The first-order chi connectivity index (χ1) is 12.0. The van der Waals surface area contributed by atoms with E-state index < -0.39 is 5.97 Å². The molecule has 0 aliphatic heterocycles. The second-order valence-electron chi connectivity index (χ2n) is 6.03. The lowest BCUT2D eigenvalue weighted by molar-refractivity contribution is 0.0691. The largest absolute Gasteiger partial charge is 0.485 e. The Morgan fingerprint density at radius 2 is 2.00 bits per heavy atom. The van der Waals surface area contributed by atoms with Crippen molar-refractivity contribution < 1.29 is 14.6 Å². The van der Waals surface area contributed by atoms with Crippen LogP contribution in [0.2, 0.25) is 0 Å². The Hall–Kier alpha value is -3.15. The Kier molecular flexibility index (Phi) is 4.52. The average Bonchev–Trinajstić information content (AvgIpc) is 2.59. The predicted octanol–water partition coefficient (Wildman–Crippen LogP) is 3.32. The van der Waals surface area contributed by atoms with Gasteiger partial charge in [0.25, 0.3) is 5.56 Å². The summed E-state index contributed by atoms with van der Waals surface area (Å²) in [6.45, 7) is 4.09. The van der Waals surface area contributed by atoms with E-state index in [0.29, 0.717) is 22.6 Å². The van der Waals surface area contributed by atoms with Crippen molar-refractivity contribution in [3.63, 3.8) is 0 Å². The summed E-state index contributed by atoms with van der Waals surface area (Å²) in [5.41, 5.74) is 1.47. The second-order valence-corrected chi connectivity index (χ2v) is 6.03. The zero-order valence-corrected chi connectivity index (χ0v) is 13.9. The lowest BCUT2D eigenvalue weighted by Gasteiger charge is -2.10. The fourth-order valence-electron chi connectivity index (χ4n) is 2.55. The summed E-state index contributed by atoms with van der Waals surface area (Å²) in [6.07, 6.45) is 0. The number of benzene rings is 2. The number of aromatic carboxylic acids is 1. The van der Waals surface area contributed by atoms with Gasteiger partial charge in [-0.05, 0) is 35.7 Å². The summed E-state index contributed by atoms with van der Waals surface area (Å²) in [6, 6.07) is 11.9. The van der Waals surface area contributed by atoms with Gasteiger partial charge in [-0.15, -0.1) is 0 Å². The molecule has 1 aromatic heterocycles. The zero-order chi connectivity index (χ0) is 18.0. The molecule has 0 spiro atoms.